The lowest BCUT2D eigenvalue weighted by molar-refractivity contribution is -0.143. The number of hydrogen-bond donors (Lipinski definition) is 4. The van der Waals surface area contributed by atoms with Crippen LogP contribution in [-0.2, 0) is 15.8 Å². The molecule has 5 N–H and O–H groups in total. The Morgan fingerprint density at radius 2 is 1.95 bits per heavy atom. The van der Waals surface area contributed by atoms with Crippen molar-refractivity contribution in [3.05, 3.63) is 62.6 Å². The van der Waals surface area contributed by atoms with Gasteiger partial charge in [-0.05, 0) is 12.1 Å². The number of amides is 1. The molecule has 186 valence electrons. The summed E-state index contributed by atoms with van der Waals surface area (Å²) in [4.78, 5) is 42.6. The predicted molar refractivity (Wildman–Crippen MR) is 126 cm³/mol. The average molecular weight is 547 g/mol. The number of thiazole rings is 1. The van der Waals surface area contributed by atoms with Gasteiger partial charge in [-0.15, -0.1) is 0 Å². The first-order valence-corrected chi connectivity index (χ1v) is 11.2. The lowest BCUT2D eigenvalue weighted by atomic mass is 10.0. The third kappa shape index (κ3) is 3.97. The molecule has 0 atom stereocenters. The van der Waals surface area contributed by atoms with Crippen molar-refractivity contribution >= 4 is 58.3 Å². The third-order valence-electron chi connectivity index (χ3n) is 5.19. The summed E-state index contributed by atoms with van der Waals surface area (Å²) < 4.78 is 43.7. The summed E-state index contributed by atoms with van der Waals surface area (Å²) >= 11 is 6.97. The fourth-order valence-electron chi connectivity index (χ4n) is 3.73. The molecular weight excluding hydrogens is 537 g/mol. The molecule has 0 fully saturated rings. The summed E-state index contributed by atoms with van der Waals surface area (Å²) in [5.41, 5.74) is 7.92. The van der Waals surface area contributed by atoms with E-state index in [1.54, 1.807) is 5.94 Å². The number of amidine groups is 1. The van der Waals surface area contributed by atoms with E-state index in [1.807, 2.05) is 0 Å². The zero-order valence-electron chi connectivity index (χ0n) is 17.9. The molecule has 2 aromatic heterocycles. The lowest BCUT2D eigenvalue weighted by Gasteiger charge is -2.18. The third-order valence-corrected chi connectivity index (χ3v) is 6.45. The minimum absolute atomic E-state index is 0.00454. The number of nitrogens with two attached hydrogens (primary N) is 1. The second-order valence-corrected chi connectivity index (χ2v) is 8.94. The van der Waals surface area contributed by atoms with Gasteiger partial charge in [-0.2, -0.15) is 23.3 Å². The van der Waals surface area contributed by atoms with Crippen LogP contribution in [0, 0.1) is 0 Å². The Labute approximate surface area is 212 Å². The summed E-state index contributed by atoms with van der Waals surface area (Å²) in [5, 5.41) is 6.59. The molecule has 2 aliphatic rings. The molecular formula is C21H10ClF3N8O3S. The highest BCUT2D eigenvalue weighted by atomic mass is 35.5. The van der Waals surface area contributed by atoms with E-state index in [4.69, 9.17) is 17.3 Å². The van der Waals surface area contributed by atoms with E-state index >= 15 is 0 Å². The van der Waals surface area contributed by atoms with E-state index < -0.39 is 29.0 Å². The standard InChI is InChI=1S/C21H10ClF3N8O3S/c22-17-15(19-28-12(7-35)30-31-19)29-20(37-17)14-13(18(26)36)16(21(23,24)25)33(32-14)11-3-1-2-8-9(11)4-5-27-10(8)6-34/h1-5,27,30H,(H2,26,36)(H,28,31). The molecule has 37 heavy (non-hydrogen) atoms. The molecule has 1 aromatic carbocycles. The second-order valence-electron chi connectivity index (χ2n) is 7.34. The monoisotopic (exact) mass is 546 g/mol. The van der Waals surface area contributed by atoms with Crippen LogP contribution in [0.25, 0.3) is 28.2 Å². The van der Waals surface area contributed by atoms with Crippen molar-refractivity contribution in [3.63, 3.8) is 0 Å². The smallest absolute Gasteiger partial charge is 0.365 e. The summed E-state index contributed by atoms with van der Waals surface area (Å²) in [6.45, 7) is 0. The zero-order chi connectivity index (χ0) is 26.5. The second kappa shape index (κ2) is 8.76. The van der Waals surface area contributed by atoms with Crippen LogP contribution in [0.4, 0.5) is 13.2 Å². The van der Waals surface area contributed by atoms with E-state index in [0.29, 0.717) is 4.68 Å². The minimum atomic E-state index is -5.08. The summed E-state index contributed by atoms with van der Waals surface area (Å²) in [6, 6.07) is 4.27. The van der Waals surface area contributed by atoms with E-state index in [-0.39, 0.29) is 49.2 Å². The number of carbonyl (C=O) groups is 1. The van der Waals surface area contributed by atoms with Gasteiger partial charge in [0.1, 0.15) is 32.0 Å². The fraction of sp³-hybridized carbons (Fsp3) is 0.0476. The Morgan fingerprint density at radius 1 is 1.16 bits per heavy atom. The van der Waals surface area contributed by atoms with Gasteiger partial charge in [-0.25, -0.2) is 19.3 Å². The van der Waals surface area contributed by atoms with Crippen molar-refractivity contribution in [1.82, 2.24) is 30.9 Å². The van der Waals surface area contributed by atoms with Gasteiger partial charge in [-0.1, -0.05) is 35.1 Å². The van der Waals surface area contributed by atoms with E-state index in [1.165, 1.54) is 36.4 Å². The molecule has 1 amide bonds. The number of aliphatic imine (C=N–C) groups is 1. The van der Waals surface area contributed by atoms with Crippen molar-refractivity contribution in [2.75, 3.05) is 0 Å². The van der Waals surface area contributed by atoms with Gasteiger partial charge in [0, 0.05) is 17.3 Å². The molecule has 0 aliphatic carbocycles. The van der Waals surface area contributed by atoms with Crippen LogP contribution in [0.1, 0.15) is 32.9 Å². The van der Waals surface area contributed by atoms with Crippen molar-refractivity contribution < 1.29 is 27.6 Å². The van der Waals surface area contributed by atoms with Crippen LogP contribution in [0.15, 0.2) is 35.2 Å². The first-order valence-electron chi connectivity index (χ1n) is 9.99. The number of nitrogens with one attached hydrogen (secondary N) is 3. The molecule has 0 spiro atoms. The summed E-state index contributed by atoms with van der Waals surface area (Å²) in [6.07, 6.45) is -2.27. The SMILES string of the molecule is NC(=O)c1c(-c2nc(C3=NC(=C=O)NN3)c(Cl)s2)nn(-c2cccc3c2C=CNC3=C=O)c1C(F)(F)F. The number of halogens is 4. The van der Waals surface area contributed by atoms with Crippen LogP contribution < -0.4 is 21.9 Å². The maximum Gasteiger partial charge on any atom is 0.434 e. The molecule has 5 rings (SSSR count). The van der Waals surface area contributed by atoms with Crippen molar-refractivity contribution in [2.24, 2.45) is 10.7 Å². The Bertz CT molecular complexity index is 1660. The number of primary amides is 1. The largest absolute Gasteiger partial charge is 0.434 e. The van der Waals surface area contributed by atoms with Crippen LogP contribution in [0.2, 0.25) is 4.34 Å². The number of hydrazine groups is 1. The van der Waals surface area contributed by atoms with Crippen molar-refractivity contribution in [2.45, 2.75) is 6.18 Å². The molecule has 0 bridgehead atoms. The van der Waals surface area contributed by atoms with E-state index in [9.17, 15) is 27.6 Å². The number of rotatable bonds is 4. The van der Waals surface area contributed by atoms with Crippen molar-refractivity contribution in [1.29, 1.82) is 0 Å². The number of carbonyl (C=O) groups excluding carboxylic acids is 3. The Balaban J connectivity index is 1.77. The van der Waals surface area contributed by atoms with Gasteiger partial charge in [0.05, 0.1) is 5.69 Å². The Hall–Kier alpha value is -4.68. The maximum atomic E-state index is 14.4. The molecule has 2 aliphatic heterocycles. The fourth-order valence-corrected chi connectivity index (χ4v) is 4.87. The highest BCUT2D eigenvalue weighted by Crippen LogP contribution is 2.41. The van der Waals surface area contributed by atoms with E-state index in [0.717, 1.165) is 11.3 Å². The highest BCUT2D eigenvalue weighted by molar-refractivity contribution is 7.19. The molecule has 0 saturated heterocycles. The molecule has 4 heterocycles. The number of alkyl halides is 3. The maximum absolute atomic E-state index is 14.4. The van der Waals surface area contributed by atoms with Gasteiger partial charge in [0.15, 0.2) is 23.4 Å². The normalized spacial score (nSPS) is 14.2. The lowest BCUT2D eigenvalue weighted by Crippen LogP contribution is -2.30. The molecule has 0 saturated carbocycles. The molecule has 11 nitrogen and oxygen atoms in total. The predicted octanol–water partition coefficient (Wildman–Crippen LogP) is 2.04. The number of aromatic nitrogens is 3. The zero-order valence-corrected chi connectivity index (χ0v) is 19.5. The Kier molecular flexibility index (Phi) is 5.69. The summed E-state index contributed by atoms with van der Waals surface area (Å²) in [5.74, 6) is 1.63. The van der Waals surface area contributed by atoms with Crippen molar-refractivity contribution in [3.8, 4) is 16.4 Å². The quantitative estimate of drug-likeness (QED) is 0.362. The number of fused-ring (bicyclic) bond motifs is 1. The number of nitrogens with zero attached hydrogens (tertiary/aromatic N) is 4. The highest BCUT2D eigenvalue weighted by Gasteiger charge is 2.43. The van der Waals surface area contributed by atoms with Crippen LogP contribution >= 0.6 is 22.9 Å². The van der Waals surface area contributed by atoms with Gasteiger partial charge >= 0.3 is 6.18 Å². The van der Waals surface area contributed by atoms with Gasteiger partial charge < -0.3 is 11.1 Å². The molecule has 0 radical (unpaired) electrons. The van der Waals surface area contributed by atoms with Gasteiger partial charge in [-0.3, -0.25) is 15.6 Å². The number of hydrogen-bond acceptors (Lipinski definition) is 10. The first-order chi connectivity index (χ1) is 17.6. The van der Waals surface area contributed by atoms with E-state index in [2.05, 4.69) is 31.2 Å². The Morgan fingerprint density at radius 3 is 2.59 bits per heavy atom. The van der Waals surface area contributed by atoms with Crippen LogP contribution in [0.3, 0.4) is 0 Å². The minimum Gasteiger partial charge on any atom is -0.365 e. The van der Waals surface area contributed by atoms with Gasteiger partial charge in [0.25, 0.3) is 5.91 Å². The molecule has 0 unspecified atom stereocenters. The molecule has 3 aromatic rings. The van der Waals surface area contributed by atoms with Gasteiger partial charge in [0.2, 0.25) is 5.82 Å². The van der Waals surface area contributed by atoms with Crippen LogP contribution in [-0.4, -0.2) is 38.4 Å². The molecule has 16 heteroatoms. The number of benzene rings is 1. The first kappa shape index (κ1) is 24.0. The topological polar surface area (TPSA) is 156 Å². The summed E-state index contributed by atoms with van der Waals surface area (Å²) in [7, 11) is 0. The van der Waals surface area contributed by atoms with Crippen LogP contribution in [0.5, 0.6) is 0 Å². The average Bonchev–Trinajstić information content (AvgIpc) is 3.59.